The normalized spacial score (nSPS) is 17.2. The molecule has 0 bridgehead atoms. The number of anilines is 1. The summed E-state index contributed by atoms with van der Waals surface area (Å²) < 4.78 is 43.9. The van der Waals surface area contributed by atoms with E-state index in [1.54, 1.807) is 23.1 Å². The lowest BCUT2D eigenvalue weighted by molar-refractivity contribution is 0.312. The van der Waals surface area contributed by atoms with Crippen molar-refractivity contribution in [3.05, 3.63) is 82.6 Å². The fourth-order valence-corrected chi connectivity index (χ4v) is 6.07. The van der Waals surface area contributed by atoms with Crippen molar-refractivity contribution in [1.29, 1.82) is 0 Å². The maximum absolute atomic E-state index is 13.7. The molecule has 1 fully saturated rings. The number of pyridine rings is 1. The van der Waals surface area contributed by atoms with Crippen LogP contribution in [0.5, 0.6) is 0 Å². The summed E-state index contributed by atoms with van der Waals surface area (Å²) >= 11 is 3.51. The van der Waals surface area contributed by atoms with Gasteiger partial charge in [-0.2, -0.15) is 13.9 Å². The first-order valence-corrected chi connectivity index (χ1v) is 13.1. The second kappa shape index (κ2) is 9.40. The van der Waals surface area contributed by atoms with E-state index in [-0.39, 0.29) is 17.4 Å². The molecule has 176 valence electrons. The second-order valence-corrected chi connectivity index (χ2v) is 11.0. The standard InChI is InChI=1S/C23H22BrFN6O2S/c24-20-14-28-31-22(27-13-16-4-2-8-26-12-16)11-21(29-23(20)31)17-5-3-9-30(15-17)34(32,33)19-7-1-6-18(25)10-19/h1-2,4,6-8,10-12,14,17,27H,3,5,9,13,15H2. The van der Waals surface area contributed by atoms with Crippen LogP contribution in [0.25, 0.3) is 5.65 Å². The fraction of sp³-hybridized carbons (Fsp3) is 0.261. The molecular weight excluding hydrogens is 523 g/mol. The van der Waals surface area contributed by atoms with Crippen LogP contribution in [0, 0.1) is 5.82 Å². The van der Waals surface area contributed by atoms with Gasteiger partial charge in [0.05, 0.1) is 21.3 Å². The summed E-state index contributed by atoms with van der Waals surface area (Å²) in [4.78, 5) is 8.91. The molecule has 1 atom stereocenters. The predicted molar refractivity (Wildman–Crippen MR) is 129 cm³/mol. The molecule has 5 rings (SSSR count). The number of hydrogen-bond donors (Lipinski definition) is 1. The van der Waals surface area contributed by atoms with E-state index in [4.69, 9.17) is 4.98 Å². The van der Waals surface area contributed by atoms with Crippen LogP contribution in [0.15, 0.2) is 70.4 Å². The third-order valence-corrected chi connectivity index (χ3v) is 8.30. The van der Waals surface area contributed by atoms with Gasteiger partial charge in [0.25, 0.3) is 0 Å². The molecule has 4 heterocycles. The Morgan fingerprint density at radius 2 is 2.06 bits per heavy atom. The quantitative estimate of drug-likeness (QED) is 0.391. The largest absolute Gasteiger partial charge is 0.366 e. The zero-order chi connectivity index (χ0) is 23.7. The molecule has 34 heavy (non-hydrogen) atoms. The molecule has 0 spiro atoms. The number of piperidine rings is 1. The van der Waals surface area contributed by atoms with E-state index in [2.05, 4.69) is 31.3 Å². The third kappa shape index (κ3) is 4.55. The van der Waals surface area contributed by atoms with Crippen LogP contribution >= 0.6 is 15.9 Å². The van der Waals surface area contributed by atoms with Crippen LogP contribution in [0.4, 0.5) is 10.2 Å². The summed E-state index contributed by atoms with van der Waals surface area (Å²) in [5, 5.41) is 7.80. The van der Waals surface area contributed by atoms with E-state index in [0.717, 1.165) is 34.0 Å². The van der Waals surface area contributed by atoms with E-state index in [0.29, 0.717) is 25.2 Å². The van der Waals surface area contributed by atoms with Gasteiger partial charge in [0.1, 0.15) is 11.6 Å². The fourth-order valence-electron chi connectivity index (χ4n) is 4.16. The molecule has 0 aliphatic carbocycles. The van der Waals surface area contributed by atoms with Gasteiger partial charge in [-0.25, -0.2) is 17.8 Å². The van der Waals surface area contributed by atoms with Gasteiger partial charge in [-0.15, -0.1) is 0 Å². The third-order valence-electron chi connectivity index (χ3n) is 5.88. The van der Waals surface area contributed by atoms with Crippen molar-refractivity contribution >= 4 is 37.4 Å². The number of sulfonamides is 1. The SMILES string of the molecule is O=S(=O)(c1cccc(F)c1)N1CCCC(c2cc(NCc3cccnc3)n3ncc(Br)c3n2)C1. The Kier molecular flexibility index (Phi) is 6.32. The average Bonchev–Trinajstić information content (AvgIpc) is 3.24. The second-order valence-electron chi connectivity index (χ2n) is 8.17. The van der Waals surface area contributed by atoms with Crippen molar-refractivity contribution in [3.8, 4) is 0 Å². The molecule has 0 saturated carbocycles. The van der Waals surface area contributed by atoms with Gasteiger partial charge in [-0.1, -0.05) is 12.1 Å². The lowest BCUT2D eigenvalue weighted by Gasteiger charge is -2.32. The molecule has 1 unspecified atom stereocenters. The van der Waals surface area contributed by atoms with Gasteiger partial charge < -0.3 is 5.32 Å². The number of nitrogens with zero attached hydrogens (tertiary/aromatic N) is 5. The molecular formula is C23H22BrFN6O2S. The lowest BCUT2D eigenvalue weighted by Crippen LogP contribution is -2.39. The Bertz CT molecular complexity index is 1430. The number of nitrogens with one attached hydrogen (secondary N) is 1. The molecule has 0 radical (unpaired) electrons. The predicted octanol–water partition coefficient (Wildman–Crippen LogP) is 4.21. The minimum Gasteiger partial charge on any atom is -0.366 e. The number of hydrogen-bond acceptors (Lipinski definition) is 6. The van der Waals surface area contributed by atoms with E-state index in [1.165, 1.54) is 22.5 Å². The average molecular weight is 545 g/mol. The van der Waals surface area contributed by atoms with Gasteiger partial charge in [0.2, 0.25) is 10.0 Å². The van der Waals surface area contributed by atoms with E-state index in [9.17, 15) is 12.8 Å². The number of aromatic nitrogens is 4. The van der Waals surface area contributed by atoms with Crippen LogP contribution in [0.2, 0.25) is 0 Å². The zero-order valence-electron chi connectivity index (χ0n) is 18.1. The van der Waals surface area contributed by atoms with E-state index >= 15 is 0 Å². The van der Waals surface area contributed by atoms with Crippen LogP contribution in [0.1, 0.15) is 30.0 Å². The summed E-state index contributed by atoms with van der Waals surface area (Å²) in [6.45, 7) is 1.21. The Labute approximate surface area is 205 Å². The molecule has 11 heteroatoms. The van der Waals surface area contributed by atoms with Gasteiger partial charge >= 0.3 is 0 Å². The van der Waals surface area contributed by atoms with Crippen molar-refractivity contribution in [2.45, 2.75) is 30.2 Å². The topological polar surface area (TPSA) is 92.5 Å². The number of rotatable bonds is 6. The Balaban J connectivity index is 1.44. The highest BCUT2D eigenvalue weighted by Crippen LogP contribution is 2.32. The van der Waals surface area contributed by atoms with Gasteiger partial charge in [-0.3, -0.25) is 4.98 Å². The molecule has 3 aromatic heterocycles. The van der Waals surface area contributed by atoms with Crippen LogP contribution < -0.4 is 5.32 Å². The van der Waals surface area contributed by atoms with Crippen molar-refractivity contribution in [3.63, 3.8) is 0 Å². The first-order valence-electron chi connectivity index (χ1n) is 10.8. The number of benzene rings is 1. The molecule has 1 aliphatic rings. The monoisotopic (exact) mass is 544 g/mol. The summed E-state index contributed by atoms with van der Waals surface area (Å²) in [5.74, 6) is 0.0687. The van der Waals surface area contributed by atoms with Crippen molar-refractivity contribution in [1.82, 2.24) is 23.9 Å². The summed E-state index contributed by atoms with van der Waals surface area (Å²) in [5.41, 5.74) is 2.45. The summed E-state index contributed by atoms with van der Waals surface area (Å²) in [7, 11) is -3.81. The molecule has 1 saturated heterocycles. The summed E-state index contributed by atoms with van der Waals surface area (Å²) in [6.07, 6.45) is 6.69. The minimum absolute atomic E-state index is 0.0334. The van der Waals surface area contributed by atoms with Crippen LogP contribution in [0.3, 0.4) is 0 Å². The maximum atomic E-state index is 13.7. The molecule has 1 aromatic carbocycles. The first-order chi connectivity index (χ1) is 16.4. The number of halogens is 2. The van der Waals surface area contributed by atoms with E-state index in [1.807, 2.05) is 18.2 Å². The van der Waals surface area contributed by atoms with Crippen molar-refractivity contribution in [2.24, 2.45) is 0 Å². The maximum Gasteiger partial charge on any atom is 0.243 e. The van der Waals surface area contributed by atoms with Crippen LogP contribution in [-0.2, 0) is 16.6 Å². The first kappa shape index (κ1) is 22.9. The number of fused-ring (bicyclic) bond motifs is 1. The molecule has 8 nitrogen and oxygen atoms in total. The minimum atomic E-state index is -3.81. The highest BCUT2D eigenvalue weighted by Gasteiger charge is 2.32. The highest BCUT2D eigenvalue weighted by atomic mass is 79.9. The van der Waals surface area contributed by atoms with Crippen LogP contribution in [-0.4, -0.2) is 45.4 Å². The van der Waals surface area contributed by atoms with Gasteiger partial charge in [0, 0.05) is 44.0 Å². The Morgan fingerprint density at radius 3 is 2.85 bits per heavy atom. The Hall–Kier alpha value is -2.89. The lowest BCUT2D eigenvalue weighted by atomic mass is 9.96. The summed E-state index contributed by atoms with van der Waals surface area (Å²) in [6, 6.07) is 10.9. The Morgan fingerprint density at radius 1 is 1.18 bits per heavy atom. The molecule has 1 N–H and O–H groups in total. The van der Waals surface area contributed by atoms with E-state index < -0.39 is 15.8 Å². The smallest absolute Gasteiger partial charge is 0.243 e. The molecule has 0 amide bonds. The molecule has 4 aromatic rings. The highest BCUT2D eigenvalue weighted by molar-refractivity contribution is 9.10. The zero-order valence-corrected chi connectivity index (χ0v) is 20.5. The van der Waals surface area contributed by atoms with Crippen molar-refractivity contribution in [2.75, 3.05) is 18.4 Å². The van der Waals surface area contributed by atoms with Crippen molar-refractivity contribution < 1.29 is 12.8 Å². The molecule has 1 aliphatic heterocycles. The van der Waals surface area contributed by atoms with Gasteiger partial charge in [-0.05, 0) is 58.6 Å². The van der Waals surface area contributed by atoms with Gasteiger partial charge in [0.15, 0.2) is 5.65 Å².